The molecule has 7 heavy (non-hydrogen) atoms. The van der Waals surface area contributed by atoms with Crippen molar-refractivity contribution in [3.05, 3.63) is 0 Å². The zero-order valence-electron chi connectivity index (χ0n) is 4.22. The van der Waals surface area contributed by atoms with E-state index in [0.29, 0.717) is 12.5 Å². The van der Waals surface area contributed by atoms with Crippen molar-refractivity contribution in [1.82, 2.24) is 0 Å². The molecule has 0 aliphatic carbocycles. The number of ether oxygens (including phenoxy) is 1. The molecule has 38 valence electrons. The fraction of sp³-hybridized carbons (Fsp3) is 0.800. The largest absolute Gasteiger partial charge is 0.369 e. The first-order valence-corrected chi connectivity index (χ1v) is 2.37. The molecule has 0 amide bonds. The van der Waals surface area contributed by atoms with Crippen LogP contribution in [0.5, 0.6) is 0 Å². The summed E-state index contributed by atoms with van der Waals surface area (Å²) in [5.41, 5.74) is 0. The molecule has 2 nitrogen and oxygen atoms in total. The predicted molar refractivity (Wildman–Crippen MR) is 24.6 cm³/mol. The van der Waals surface area contributed by atoms with Crippen molar-refractivity contribution in [1.29, 1.82) is 5.26 Å². The van der Waals surface area contributed by atoms with Crippen LogP contribution in [0, 0.1) is 11.3 Å². The van der Waals surface area contributed by atoms with Crippen molar-refractivity contribution < 1.29 is 4.74 Å². The van der Waals surface area contributed by atoms with E-state index in [1.165, 1.54) is 0 Å². The Balaban J connectivity index is 2.12. The number of nitrogens with zero attached hydrogens (tertiary/aromatic N) is 1. The van der Waals surface area contributed by atoms with Gasteiger partial charge in [0.1, 0.15) is 0 Å². The van der Waals surface area contributed by atoms with Gasteiger partial charge in [-0.3, -0.25) is 0 Å². The van der Waals surface area contributed by atoms with E-state index in [9.17, 15) is 0 Å². The summed E-state index contributed by atoms with van der Waals surface area (Å²) in [6, 6.07) is 2.04. The third kappa shape index (κ3) is 0.908. The molecule has 0 radical (unpaired) electrons. The fourth-order valence-corrected chi connectivity index (χ4v) is 0.534. The molecule has 0 aromatic heterocycles. The highest BCUT2D eigenvalue weighted by atomic mass is 16.6. The molecule has 1 aliphatic rings. The average Bonchev–Trinajstić information content (AvgIpc) is 2.22. The van der Waals surface area contributed by atoms with E-state index in [4.69, 9.17) is 10.00 Å². The van der Waals surface area contributed by atoms with Gasteiger partial charge in [-0.15, -0.1) is 0 Å². The van der Waals surface area contributed by atoms with Gasteiger partial charge < -0.3 is 4.74 Å². The highest BCUT2D eigenvalue weighted by Gasteiger charge is 2.33. The number of hydrogen-bond donors (Lipinski definition) is 0. The Kier molecular flexibility index (Phi) is 0.994. The second kappa shape index (κ2) is 1.51. The van der Waals surface area contributed by atoms with Crippen LogP contribution >= 0.6 is 0 Å². The van der Waals surface area contributed by atoms with E-state index in [0.717, 1.165) is 0 Å². The second-order valence-corrected chi connectivity index (χ2v) is 1.74. The van der Waals surface area contributed by atoms with Crippen LogP contribution in [0.2, 0.25) is 0 Å². The maximum absolute atomic E-state index is 8.06. The molecule has 1 aliphatic heterocycles. The molecule has 0 N–H and O–H groups in total. The minimum absolute atomic E-state index is 0.255. The van der Waals surface area contributed by atoms with Crippen LogP contribution < -0.4 is 0 Å². The zero-order chi connectivity index (χ0) is 5.28. The van der Waals surface area contributed by atoms with Gasteiger partial charge in [0.25, 0.3) is 0 Å². The Hall–Kier alpha value is -0.550. The van der Waals surface area contributed by atoms with Crippen LogP contribution in [-0.4, -0.2) is 12.2 Å². The minimum Gasteiger partial charge on any atom is -0.369 e. The highest BCUT2D eigenvalue weighted by Crippen LogP contribution is 2.23. The van der Waals surface area contributed by atoms with Gasteiger partial charge in [0.05, 0.1) is 24.7 Å². The van der Waals surface area contributed by atoms with Crippen LogP contribution in [0.15, 0.2) is 0 Å². The van der Waals surface area contributed by atoms with Crippen LogP contribution in [0.4, 0.5) is 0 Å². The summed E-state index contributed by atoms with van der Waals surface area (Å²) in [6.45, 7) is 1.97. The Bertz CT molecular complexity index is 105. The zero-order valence-corrected chi connectivity index (χ0v) is 4.22. The van der Waals surface area contributed by atoms with Crippen molar-refractivity contribution in [2.75, 3.05) is 0 Å². The molecule has 1 rings (SSSR count). The van der Waals surface area contributed by atoms with Crippen molar-refractivity contribution in [3.8, 4) is 6.07 Å². The first-order chi connectivity index (χ1) is 3.34. The van der Waals surface area contributed by atoms with Crippen LogP contribution in [0.1, 0.15) is 13.3 Å². The molecule has 0 aromatic carbocycles. The lowest BCUT2D eigenvalue weighted by Crippen LogP contribution is -1.83. The third-order valence-electron chi connectivity index (χ3n) is 1.13. The van der Waals surface area contributed by atoms with E-state index in [1.807, 2.05) is 13.0 Å². The standard InChI is InChI=1S/C5H7NO/c1-4-5(7-4)2-3-6/h4-5H,2H2,1H3/t4-,5+/m0/s1. The molecule has 0 bridgehead atoms. The van der Waals surface area contributed by atoms with Gasteiger partial charge in [0, 0.05) is 0 Å². The number of hydrogen-bond acceptors (Lipinski definition) is 2. The van der Waals surface area contributed by atoms with Gasteiger partial charge in [0.15, 0.2) is 0 Å². The Morgan fingerprint density at radius 2 is 2.43 bits per heavy atom. The molecule has 0 unspecified atom stereocenters. The lowest BCUT2D eigenvalue weighted by Gasteiger charge is -1.70. The molecule has 0 aromatic rings. The summed E-state index contributed by atoms with van der Waals surface area (Å²) in [4.78, 5) is 0. The maximum Gasteiger partial charge on any atom is 0.0968 e. The summed E-state index contributed by atoms with van der Waals surface area (Å²) in [5.74, 6) is 0. The Morgan fingerprint density at radius 3 is 2.57 bits per heavy atom. The van der Waals surface area contributed by atoms with Gasteiger partial charge in [-0.2, -0.15) is 5.26 Å². The monoisotopic (exact) mass is 97.1 g/mol. The Morgan fingerprint density at radius 1 is 1.86 bits per heavy atom. The molecule has 0 saturated carbocycles. The normalized spacial score (nSPS) is 37.1. The first-order valence-electron chi connectivity index (χ1n) is 2.37. The predicted octanol–water partition coefficient (Wildman–Crippen LogP) is 0.687. The van der Waals surface area contributed by atoms with E-state index in [1.54, 1.807) is 0 Å². The van der Waals surface area contributed by atoms with Gasteiger partial charge in [-0.25, -0.2) is 0 Å². The van der Waals surface area contributed by atoms with Crippen molar-refractivity contribution in [2.45, 2.75) is 25.6 Å². The summed E-state index contributed by atoms with van der Waals surface area (Å²) in [6.07, 6.45) is 1.16. The smallest absolute Gasteiger partial charge is 0.0968 e. The summed E-state index contributed by atoms with van der Waals surface area (Å²) >= 11 is 0. The molecule has 2 atom stereocenters. The minimum atomic E-state index is 0.255. The molecule has 1 saturated heterocycles. The molecular formula is C5H7NO. The number of epoxide rings is 1. The summed E-state index contributed by atoms with van der Waals surface area (Å²) in [5, 5.41) is 8.06. The summed E-state index contributed by atoms with van der Waals surface area (Å²) < 4.78 is 4.93. The Labute approximate surface area is 42.7 Å². The molecule has 0 spiro atoms. The van der Waals surface area contributed by atoms with Gasteiger partial charge in [0.2, 0.25) is 0 Å². The number of rotatable bonds is 1. The van der Waals surface area contributed by atoms with Crippen LogP contribution in [0.3, 0.4) is 0 Å². The van der Waals surface area contributed by atoms with Crippen molar-refractivity contribution >= 4 is 0 Å². The van der Waals surface area contributed by atoms with Gasteiger partial charge in [-0.05, 0) is 6.92 Å². The highest BCUT2D eigenvalue weighted by molar-refractivity contribution is 4.88. The van der Waals surface area contributed by atoms with Gasteiger partial charge in [-0.1, -0.05) is 0 Å². The van der Waals surface area contributed by atoms with E-state index in [2.05, 4.69) is 0 Å². The SMILES string of the molecule is C[C@@H]1O[C@@H]1CC#N. The lowest BCUT2D eigenvalue weighted by atomic mass is 10.3. The fourth-order valence-electron chi connectivity index (χ4n) is 0.534. The van der Waals surface area contributed by atoms with Crippen LogP contribution in [0.25, 0.3) is 0 Å². The lowest BCUT2D eigenvalue weighted by molar-refractivity contribution is 0.381. The quantitative estimate of drug-likeness (QED) is 0.451. The van der Waals surface area contributed by atoms with E-state index in [-0.39, 0.29) is 6.10 Å². The second-order valence-electron chi connectivity index (χ2n) is 1.74. The maximum atomic E-state index is 8.06. The molecule has 2 heteroatoms. The third-order valence-corrected chi connectivity index (χ3v) is 1.13. The van der Waals surface area contributed by atoms with E-state index >= 15 is 0 Å². The van der Waals surface area contributed by atoms with Gasteiger partial charge >= 0.3 is 0 Å². The van der Waals surface area contributed by atoms with E-state index < -0.39 is 0 Å². The first kappa shape index (κ1) is 4.61. The van der Waals surface area contributed by atoms with Crippen molar-refractivity contribution in [3.63, 3.8) is 0 Å². The number of nitriles is 1. The van der Waals surface area contributed by atoms with Crippen molar-refractivity contribution in [2.24, 2.45) is 0 Å². The molecular weight excluding hydrogens is 90.1 g/mol. The molecule has 1 fully saturated rings. The average molecular weight is 97.1 g/mol. The summed E-state index contributed by atoms with van der Waals surface area (Å²) in [7, 11) is 0. The van der Waals surface area contributed by atoms with Crippen LogP contribution in [-0.2, 0) is 4.74 Å². The molecule has 1 heterocycles. The topological polar surface area (TPSA) is 36.3 Å².